The van der Waals surface area contributed by atoms with E-state index in [1.165, 1.54) is 17.0 Å². The first-order valence-corrected chi connectivity index (χ1v) is 9.31. The van der Waals surface area contributed by atoms with Gasteiger partial charge >= 0.3 is 6.09 Å². The number of benzene rings is 1. The van der Waals surface area contributed by atoms with E-state index in [9.17, 15) is 13.2 Å². The number of likely N-dealkylation sites (tertiary alicyclic amines) is 1. The van der Waals surface area contributed by atoms with Gasteiger partial charge in [0.15, 0.2) is 0 Å². The van der Waals surface area contributed by atoms with Crippen LogP contribution in [0.2, 0.25) is 0 Å². The van der Waals surface area contributed by atoms with E-state index < -0.39 is 27.4 Å². The molecule has 0 spiro atoms. The Balaban J connectivity index is 2.02. The molecule has 24 heavy (non-hydrogen) atoms. The fourth-order valence-corrected chi connectivity index (χ4v) is 3.38. The summed E-state index contributed by atoms with van der Waals surface area (Å²) in [6.07, 6.45) is 0.211. The monoisotopic (exact) mass is 355 g/mol. The maximum Gasteiger partial charge on any atom is 0.410 e. The van der Waals surface area contributed by atoms with Crippen LogP contribution in [0.25, 0.3) is 0 Å². The zero-order valence-corrected chi connectivity index (χ0v) is 15.6. The van der Waals surface area contributed by atoms with E-state index in [1.807, 2.05) is 6.92 Å². The Morgan fingerprint density at radius 1 is 1.25 bits per heavy atom. The van der Waals surface area contributed by atoms with Crippen LogP contribution in [0.15, 0.2) is 29.2 Å². The second-order valence-corrected chi connectivity index (χ2v) is 9.02. The Morgan fingerprint density at radius 3 is 2.29 bits per heavy atom. The Labute approximate surface area is 143 Å². The summed E-state index contributed by atoms with van der Waals surface area (Å²) in [7, 11) is -3.85. The summed E-state index contributed by atoms with van der Waals surface area (Å²) in [6.45, 7) is 9.49. The lowest BCUT2D eigenvalue weighted by Crippen LogP contribution is -2.63. The van der Waals surface area contributed by atoms with Gasteiger partial charge in [-0.1, -0.05) is 17.7 Å². The molecular formula is C17H25NO5S. The third-order valence-electron chi connectivity index (χ3n) is 3.97. The Hall–Kier alpha value is -1.60. The molecule has 1 saturated heterocycles. The average molecular weight is 355 g/mol. The molecule has 1 aromatic carbocycles. The van der Waals surface area contributed by atoms with E-state index in [0.29, 0.717) is 13.0 Å². The van der Waals surface area contributed by atoms with Crippen molar-refractivity contribution in [3.8, 4) is 0 Å². The molecule has 1 fully saturated rings. The van der Waals surface area contributed by atoms with Gasteiger partial charge in [0.05, 0.1) is 17.0 Å². The van der Waals surface area contributed by atoms with Gasteiger partial charge in [0.2, 0.25) is 0 Å². The smallest absolute Gasteiger partial charge is 0.410 e. The number of hydrogen-bond donors (Lipinski definition) is 0. The van der Waals surface area contributed by atoms with E-state index in [4.69, 9.17) is 8.92 Å². The van der Waals surface area contributed by atoms with Crippen molar-refractivity contribution in [1.29, 1.82) is 0 Å². The minimum absolute atomic E-state index is 0.0948. The highest BCUT2D eigenvalue weighted by molar-refractivity contribution is 7.86. The number of ether oxygens (including phenoxy) is 1. The minimum Gasteiger partial charge on any atom is -0.444 e. The fraction of sp³-hybridized carbons (Fsp3) is 0.588. The normalized spacial score (nSPS) is 21.3. The highest BCUT2D eigenvalue weighted by atomic mass is 32.2. The zero-order chi connectivity index (χ0) is 18.2. The van der Waals surface area contributed by atoms with Crippen molar-refractivity contribution in [3.05, 3.63) is 29.8 Å². The second kappa shape index (κ2) is 6.37. The Bertz CT molecular complexity index is 705. The largest absolute Gasteiger partial charge is 0.444 e. The lowest BCUT2D eigenvalue weighted by molar-refractivity contribution is -0.0526. The Morgan fingerprint density at radius 2 is 1.83 bits per heavy atom. The number of carbonyl (C=O) groups excluding carboxylic acids is 1. The molecule has 134 valence electrons. The number of hydrogen-bond acceptors (Lipinski definition) is 5. The van der Waals surface area contributed by atoms with E-state index in [1.54, 1.807) is 39.8 Å². The van der Waals surface area contributed by atoms with Crippen molar-refractivity contribution in [1.82, 2.24) is 4.90 Å². The predicted molar refractivity (Wildman–Crippen MR) is 90.3 cm³/mol. The van der Waals surface area contributed by atoms with Gasteiger partial charge in [-0.3, -0.25) is 4.18 Å². The van der Waals surface area contributed by atoms with Crippen molar-refractivity contribution in [2.45, 2.75) is 57.1 Å². The van der Waals surface area contributed by atoms with E-state index in [-0.39, 0.29) is 11.5 Å². The first-order chi connectivity index (χ1) is 10.9. The first kappa shape index (κ1) is 18.7. The van der Waals surface area contributed by atoms with Crippen molar-refractivity contribution in [2.24, 2.45) is 0 Å². The molecule has 0 aromatic heterocycles. The average Bonchev–Trinajstić information content (AvgIpc) is 2.42. The Kier molecular flexibility index (Phi) is 4.97. The van der Waals surface area contributed by atoms with Gasteiger partial charge in [0, 0.05) is 6.54 Å². The molecule has 0 aliphatic carbocycles. The summed E-state index contributed by atoms with van der Waals surface area (Å²) in [6, 6.07) is 6.46. The van der Waals surface area contributed by atoms with Gasteiger partial charge in [-0.15, -0.1) is 0 Å². The second-order valence-electron chi connectivity index (χ2n) is 7.41. The number of nitrogens with zero attached hydrogens (tertiary/aromatic N) is 1. The molecule has 1 atom stereocenters. The first-order valence-electron chi connectivity index (χ1n) is 7.90. The van der Waals surface area contributed by atoms with E-state index in [0.717, 1.165) is 5.56 Å². The van der Waals surface area contributed by atoms with Crippen molar-refractivity contribution in [2.75, 3.05) is 13.2 Å². The van der Waals surface area contributed by atoms with E-state index >= 15 is 0 Å². The summed E-state index contributed by atoms with van der Waals surface area (Å²) < 4.78 is 35.1. The number of aryl methyl sites for hydroxylation is 1. The lowest BCUT2D eigenvalue weighted by atomic mass is 9.88. The minimum atomic E-state index is -3.85. The van der Waals surface area contributed by atoms with Gasteiger partial charge in [-0.2, -0.15) is 8.42 Å². The summed E-state index contributed by atoms with van der Waals surface area (Å²) >= 11 is 0. The van der Waals surface area contributed by atoms with Crippen LogP contribution in [0.5, 0.6) is 0 Å². The predicted octanol–water partition coefficient (Wildman–Crippen LogP) is 3.10. The van der Waals surface area contributed by atoms with Crippen LogP contribution in [-0.4, -0.2) is 43.7 Å². The summed E-state index contributed by atoms with van der Waals surface area (Å²) in [5, 5.41) is 0. The van der Waals surface area contributed by atoms with Gasteiger partial charge in [-0.25, -0.2) is 4.79 Å². The molecule has 0 N–H and O–H groups in total. The molecule has 1 unspecified atom stereocenters. The maximum atomic E-state index is 12.3. The molecular weight excluding hydrogens is 330 g/mol. The van der Waals surface area contributed by atoms with E-state index in [2.05, 4.69) is 0 Å². The molecule has 0 bridgehead atoms. The lowest BCUT2D eigenvalue weighted by Gasteiger charge is -2.49. The topological polar surface area (TPSA) is 72.9 Å². The van der Waals surface area contributed by atoms with Crippen LogP contribution in [0.3, 0.4) is 0 Å². The van der Waals surface area contributed by atoms with Crippen LogP contribution in [-0.2, 0) is 19.0 Å². The highest BCUT2D eigenvalue weighted by Crippen LogP contribution is 2.33. The van der Waals surface area contributed by atoms with Gasteiger partial charge < -0.3 is 9.64 Å². The SMILES string of the molecule is Cc1ccc(S(=O)(=O)OCC2(C)CCN2C(=O)OC(C)(C)C)cc1. The quantitative estimate of drug-likeness (QED) is 0.776. The fourth-order valence-electron chi connectivity index (χ4n) is 2.36. The highest BCUT2D eigenvalue weighted by Gasteiger charge is 2.46. The molecule has 0 saturated carbocycles. The maximum absolute atomic E-state index is 12.3. The van der Waals surface area contributed by atoms with Crippen LogP contribution in [0.1, 0.15) is 39.7 Å². The van der Waals surface area contributed by atoms with Crippen LogP contribution in [0, 0.1) is 6.92 Å². The van der Waals surface area contributed by atoms with Crippen LogP contribution >= 0.6 is 0 Å². The summed E-state index contributed by atoms with van der Waals surface area (Å²) in [5.41, 5.74) is -0.307. The molecule has 1 aliphatic rings. The number of carbonyl (C=O) groups is 1. The molecule has 1 aliphatic heterocycles. The van der Waals surface area contributed by atoms with Crippen molar-refractivity contribution < 1.29 is 22.1 Å². The molecule has 0 radical (unpaired) electrons. The summed E-state index contributed by atoms with van der Waals surface area (Å²) in [4.78, 5) is 13.8. The third kappa shape index (κ3) is 4.27. The number of amides is 1. The van der Waals surface area contributed by atoms with Crippen LogP contribution in [0.4, 0.5) is 4.79 Å². The third-order valence-corrected chi connectivity index (χ3v) is 5.25. The van der Waals surface area contributed by atoms with Crippen molar-refractivity contribution in [3.63, 3.8) is 0 Å². The van der Waals surface area contributed by atoms with Gasteiger partial charge in [0.1, 0.15) is 5.60 Å². The van der Waals surface area contributed by atoms with Gasteiger partial charge in [0.25, 0.3) is 10.1 Å². The molecule has 6 nitrogen and oxygen atoms in total. The van der Waals surface area contributed by atoms with Crippen LogP contribution < -0.4 is 0 Å². The molecule has 1 aromatic rings. The number of rotatable bonds is 4. The molecule has 7 heteroatoms. The molecule has 2 rings (SSSR count). The zero-order valence-electron chi connectivity index (χ0n) is 14.8. The molecule has 1 amide bonds. The van der Waals surface area contributed by atoms with Crippen molar-refractivity contribution >= 4 is 16.2 Å². The standard InChI is InChI=1S/C17H25NO5S/c1-13-6-8-14(9-7-13)24(20,21)22-12-17(5)10-11-18(17)15(19)23-16(2,3)4/h6-9H,10-12H2,1-5H3. The van der Waals surface area contributed by atoms with Gasteiger partial charge in [-0.05, 0) is 53.2 Å². The molecule has 1 heterocycles. The summed E-state index contributed by atoms with van der Waals surface area (Å²) in [5.74, 6) is 0.